The van der Waals surface area contributed by atoms with Gasteiger partial charge in [0.05, 0.1) is 0 Å². The van der Waals surface area contributed by atoms with Crippen molar-refractivity contribution in [2.75, 3.05) is 31.6 Å². The molecular weight excluding hydrogens is 136 g/mol. The molecule has 1 saturated heterocycles. The fourth-order valence-electron chi connectivity index (χ4n) is 0.818. The lowest BCUT2D eigenvalue weighted by atomic mass is 10.6. The maximum absolute atomic E-state index is 8.92. The second-order valence-electron chi connectivity index (χ2n) is 2.01. The summed E-state index contributed by atoms with van der Waals surface area (Å²) >= 11 is 0. The summed E-state index contributed by atoms with van der Waals surface area (Å²) in [4.78, 5) is 0. The predicted molar refractivity (Wildman–Crippen MR) is 38.8 cm³/mol. The molecule has 1 aliphatic heterocycles. The highest BCUT2D eigenvalue weighted by molar-refractivity contribution is 7.87. The van der Waals surface area contributed by atoms with Crippen LogP contribution in [0.15, 0.2) is 4.36 Å². The molecule has 0 aromatic carbocycles. The lowest BCUT2D eigenvalue weighted by molar-refractivity contribution is -0.0818. The van der Waals surface area contributed by atoms with E-state index in [0.717, 1.165) is 24.6 Å². The first-order chi connectivity index (χ1) is 4.33. The highest BCUT2D eigenvalue weighted by Crippen LogP contribution is 1.97. The summed E-state index contributed by atoms with van der Waals surface area (Å²) in [7, 11) is 2.11. The summed E-state index contributed by atoms with van der Waals surface area (Å²) in [6.07, 6.45) is 0. The van der Waals surface area contributed by atoms with Crippen molar-refractivity contribution in [3.8, 4) is 0 Å². The third kappa shape index (κ3) is 2.04. The second-order valence-corrected chi connectivity index (χ2v) is 4.11. The van der Waals surface area contributed by atoms with Gasteiger partial charge in [0.1, 0.15) is 0 Å². The first-order valence-corrected chi connectivity index (χ1v) is 4.56. The summed E-state index contributed by atoms with van der Waals surface area (Å²) in [5, 5.41) is 10.3. The van der Waals surface area contributed by atoms with E-state index in [4.69, 9.17) is 5.21 Å². The van der Waals surface area contributed by atoms with Crippen LogP contribution in [0.5, 0.6) is 0 Å². The molecule has 1 N–H and O–H groups in total. The largest absolute Gasteiger partial charge is 0.314 e. The molecule has 1 heterocycles. The highest BCUT2D eigenvalue weighted by atomic mass is 32.2. The molecule has 0 unspecified atom stereocenters. The molecule has 9 heavy (non-hydrogen) atoms. The van der Waals surface area contributed by atoms with Crippen molar-refractivity contribution in [1.82, 2.24) is 5.06 Å². The van der Waals surface area contributed by atoms with Crippen molar-refractivity contribution in [1.29, 1.82) is 0 Å². The van der Waals surface area contributed by atoms with Crippen LogP contribution in [0.1, 0.15) is 0 Å². The van der Waals surface area contributed by atoms with Gasteiger partial charge < -0.3 is 5.21 Å². The first kappa shape index (κ1) is 7.18. The maximum atomic E-state index is 8.92. The Bertz CT molecular complexity index is 116. The van der Waals surface area contributed by atoms with Crippen LogP contribution >= 0.6 is 0 Å². The monoisotopic (exact) mass is 148 g/mol. The minimum atomic E-state index is 0.251. The van der Waals surface area contributed by atoms with Crippen LogP contribution < -0.4 is 0 Å². The summed E-state index contributed by atoms with van der Waals surface area (Å²) in [5.41, 5.74) is 0. The first-order valence-electron chi connectivity index (χ1n) is 3.04. The zero-order chi connectivity index (χ0) is 6.69. The van der Waals surface area contributed by atoms with Gasteiger partial charge in [0.15, 0.2) is 0 Å². The Morgan fingerprint density at radius 3 is 2.44 bits per heavy atom. The third-order valence-electron chi connectivity index (χ3n) is 1.43. The third-order valence-corrected chi connectivity index (χ3v) is 3.25. The highest BCUT2D eigenvalue weighted by Gasteiger charge is 2.09. The molecule has 0 amide bonds. The van der Waals surface area contributed by atoms with E-state index in [-0.39, 0.29) is 10.7 Å². The van der Waals surface area contributed by atoms with Gasteiger partial charge in [-0.3, -0.25) is 4.36 Å². The average Bonchev–Trinajstić information content (AvgIpc) is 1.90. The van der Waals surface area contributed by atoms with Crippen LogP contribution in [-0.2, 0) is 10.7 Å². The topological polar surface area (TPSA) is 35.8 Å². The average molecular weight is 148 g/mol. The van der Waals surface area contributed by atoms with Crippen molar-refractivity contribution < 1.29 is 5.21 Å². The molecule has 1 aliphatic rings. The van der Waals surface area contributed by atoms with Crippen LogP contribution in [0.25, 0.3) is 0 Å². The molecule has 0 spiro atoms. The minimum absolute atomic E-state index is 0.251. The fraction of sp³-hybridized carbons (Fsp3) is 1.00. The van der Waals surface area contributed by atoms with Gasteiger partial charge >= 0.3 is 0 Å². The molecule has 0 radical (unpaired) electrons. The Balaban J connectivity index is 2.35. The molecular formula is C5H12N2OS. The van der Waals surface area contributed by atoms with Gasteiger partial charge in [-0.15, -0.1) is 0 Å². The molecule has 3 nitrogen and oxygen atoms in total. The Morgan fingerprint density at radius 1 is 1.44 bits per heavy atom. The van der Waals surface area contributed by atoms with Crippen molar-refractivity contribution in [2.45, 2.75) is 0 Å². The molecule has 0 bridgehead atoms. The Hall–Kier alpha value is 0.0700. The Labute approximate surface area is 57.7 Å². The number of hydrogen-bond donors (Lipinski definition) is 1. The van der Waals surface area contributed by atoms with Gasteiger partial charge in [0, 0.05) is 31.6 Å². The number of nitrogens with zero attached hydrogens (tertiary/aromatic N) is 2. The molecule has 0 atom stereocenters. The quantitative estimate of drug-likeness (QED) is 0.530. The Morgan fingerprint density at radius 2 is 2.00 bits per heavy atom. The summed E-state index contributed by atoms with van der Waals surface area (Å²) in [6, 6.07) is 0. The minimum Gasteiger partial charge on any atom is -0.314 e. The normalized spacial score (nSPS) is 24.2. The number of hydroxylamine groups is 2. The van der Waals surface area contributed by atoms with E-state index in [9.17, 15) is 0 Å². The fourth-order valence-corrected chi connectivity index (χ4v) is 2.23. The zero-order valence-corrected chi connectivity index (χ0v) is 6.39. The van der Waals surface area contributed by atoms with Crippen LogP contribution in [0.4, 0.5) is 0 Å². The van der Waals surface area contributed by atoms with Crippen molar-refractivity contribution in [3.05, 3.63) is 0 Å². The molecule has 0 aromatic rings. The van der Waals surface area contributed by atoms with E-state index in [1.165, 1.54) is 5.06 Å². The van der Waals surface area contributed by atoms with E-state index in [1.54, 1.807) is 0 Å². The smallest absolute Gasteiger partial charge is 0.0346 e. The standard InChI is InChI=1S/C5H12N2OS/c1-6-9-4-2-7(8)3-5-9/h8H,2-5H2,1H3. The number of rotatable bonds is 0. The van der Waals surface area contributed by atoms with Gasteiger partial charge in [-0.05, 0) is 0 Å². The molecule has 54 valence electrons. The molecule has 0 aliphatic carbocycles. The zero-order valence-electron chi connectivity index (χ0n) is 5.58. The lowest BCUT2D eigenvalue weighted by Gasteiger charge is -2.21. The summed E-state index contributed by atoms with van der Waals surface area (Å²) in [6.45, 7) is 1.58. The van der Waals surface area contributed by atoms with E-state index < -0.39 is 0 Å². The number of hydrogen-bond acceptors (Lipinski definition) is 3. The SMILES string of the molecule is CN=S1CCN(O)CC1. The molecule has 1 rings (SSSR count). The van der Waals surface area contributed by atoms with Crippen LogP contribution in [-0.4, -0.2) is 41.9 Å². The van der Waals surface area contributed by atoms with Gasteiger partial charge in [-0.1, -0.05) is 10.7 Å². The van der Waals surface area contributed by atoms with Crippen LogP contribution in [0, 0.1) is 0 Å². The summed E-state index contributed by atoms with van der Waals surface area (Å²) < 4.78 is 4.17. The van der Waals surface area contributed by atoms with Crippen molar-refractivity contribution >= 4 is 10.7 Å². The van der Waals surface area contributed by atoms with E-state index in [1.807, 2.05) is 7.05 Å². The van der Waals surface area contributed by atoms with Crippen LogP contribution in [0.2, 0.25) is 0 Å². The molecule has 0 aromatic heterocycles. The van der Waals surface area contributed by atoms with Gasteiger partial charge in [0.2, 0.25) is 0 Å². The van der Waals surface area contributed by atoms with Gasteiger partial charge in [0.25, 0.3) is 0 Å². The molecule has 4 heteroatoms. The van der Waals surface area contributed by atoms with E-state index in [0.29, 0.717) is 0 Å². The van der Waals surface area contributed by atoms with Crippen molar-refractivity contribution in [2.24, 2.45) is 4.36 Å². The predicted octanol–water partition coefficient (Wildman–Crippen LogP) is 0.123. The van der Waals surface area contributed by atoms with E-state index >= 15 is 0 Å². The van der Waals surface area contributed by atoms with Crippen molar-refractivity contribution in [3.63, 3.8) is 0 Å². The Kier molecular flexibility index (Phi) is 2.63. The van der Waals surface area contributed by atoms with Gasteiger partial charge in [-0.2, -0.15) is 5.06 Å². The maximum Gasteiger partial charge on any atom is 0.0346 e. The van der Waals surface area contributed by atoms with Gasteiger partial charge in [-0.25, -0.2) is 0 Å². The second kappa shape index (κ2) is 3.29. The van der Waals surface area contributed by atoms with E-state index in [2.05, 4.69) is 4.36 Å². The summed E-state index contributed by atoms with van der Waals surface area (Å²) in [5.74, 6) is 2.07. The van der Waals surface area contributed by atoms with Crippen LogP contribution in [0.3, 0.4) is 0 Å². The molecule has 1 fully saturated rings. The molecule has 0 saturated carbocycles. The lowest BCUT2D eigenvalue weighted by Crippen LogP contribution is -2.34.